The van der Waals surface area contributed by atoms with Crippen molar-refractivity contribution >= 4 is 46.4 Å². The van der Waals surface area contributed by atoms with E-state index in [-0.39, 0.29) is 16.5 Å². The van der Waals surface area contributed by atoms with Gasteiger partial charge >= 0.3 is 0 Å². The van der Waals surface area contributed by atoms with Gasteiger partial charge in [0.1, 0.15) is 0 Å². The van der Waals surface area contributed by atoms with Crippen LogP contribution in [-0.2, 0) is 0 Å². The molecule has 0 heterocycles. The van der Waals surface area contributed by atoms with Crippen LogP contribution in [0.15, 0.2) is 59.7 Å². The fraction of sp³-hybridized carbons (Fsp3) is 0.160. The van der Waals surface area contributed by atoms with Gasteiger partial charge in [-0.3, -0.25) is 9.59 Å². The third-order valence-corrected chi connectivity index (χ3v) is 5.54. The third-order valence-electron chi connectivity index (χ3n) is 4.99. The molecule has 0 aromatic heterocycles. The van der Waals surface area contributed by atoms with E-state index < -0.39 is 5.91 Å². The van der Waals surface area contributed by atoms with E-state index in [0.717, 1.165) is 5.56 Å². The molecule has 0 saturated heterocycles. The van der Waals surface area contributed by atoms with Gasteiger partial charge in [-0.25, -0.2) is 5.43 Å². The van der Waals surface area contributed by atoms with Crippen LogP contribution in [0, 0.1) is 0 Å². The second-order valence-electron chi connectivity index (χ2n) is 7.21. The summed E-state index contributed by atoms with van der Waals surface area (Å²) >= 11 is 12.0. The predicted molar refractivity (Wildman–Crippen MR) is 137 cm³/mol. The molecule has 35 heavy (non-hydrogen) atoms. The summed E-state index contributed by atoms with van der Waals surface area (Å²) in [6.07, 6.45) is 0. The van der Waals surface area contributed by atoms with Gasteiger partial charge in [0.25, 0.3) is 11.8 Å². The van der Waals surface area contributed by atoms with Gasteiger partial charge < -0.3 is 19.5 Å². The lowest BCUT2D eigenvalue weighted by Gasteiger charge is -2.13. The second-order valence-corrected chi connectivity index (χ2v) is 8.05. The minimum Gasteiger partial charge on any atom is -0.493 e. The molecule has 0 aliphatic heterocycles. The lowest BCUT2D eigenvalue weighted by molar-refractivity contribution is 0.0953. The molecule has 0 fully saturated rings. The maximum atomic E-state index is 12.6. The average molecular weight is 516 g/mol. The molecule has 2 amide bonds. The summed E-state index contributed by atoms with van der Waals surface area (Å²) in [5.74, 6) is 0.289. The number of halogens is 2. The van der Waals surface area contributed by atoms with Crippen LogP contribution < -0.4 is 25.0 Å². The topological polar surface area (TPSA) is 98.2 Å². The SMILES string of the molecule is COc1cc(C(=O)N/N=C(/C)c2ccc(NC(=O)c3ccc(Cl)cc3Cl)cc2)cc(OC)c1OC. The van der Waals surface area contributed by atoms with E-state index in [1.165, 1.54) is 39.5 Å². The molecule has 3 rings (SSSR count). The van der Waals surface area contributed by atoms with Crippen LogP contribution in [0.1, 0.15) is 33.2 Å². The number of hydrazone groups is 1. The Labute approximate surface area is 212 Å². The van der Waals surface area contributed by atoms with Crippen molar-refractivity contribution in [2.45, 2.75) is 6.92 Å². The summed E-state index contributed by atoms with van der Waals surface area (Å²) in [6, 6.07) is 14.7. The van der Waals surface area contributed by atoms with Crippen LogP contribution in [0.2, 0.25) is 10.0 Å². The normalized spacial score (nSPS) is 11.0. The first-order valence-electron chi connectivity index (χ1n) is 10.3. The van der Waals surface area contributed by atoms with Crippen molar-refractivity contribution in [3.05, 3.63) is 81.3 Å². The zero-order valence-electron chi connectivity index (χ0n) is 19.4. The maximum absolute atomic E-state index is 12.6. The molecule has 0 radical (unpaired) electrons. The minimum atomic E-state index is -0.452. The van der Waals surface area contributed by atoms with Crippen molar-refractivity contribution in [2.24, 2.45) is 5.10 Å². The summed E-state index contributed by atoms with van der Waals surface area (Å²) in [5.41, 5.74) is 4.99. The summed E-state index contributed by atoms with van der Waals surface area (Å²) in [7, 11) is 4.42. The highest BCUT2D eigenvalue weighted by atomic mass is 35.5. The number of benzene rings is 3. The predicted octanol–water partition coefficient (Wildman–Crippen LogP) is 5.43. The first-order chi connectivity index (χ1) is 16.8. The van der Waals surface area contributed by atoms with Crippen molar-refractivity contribution in [3.8, 4) is 17.2 Å². The standard InChI is InChI=1S/C25H23Cl2N3O5/c1-14(29-30-24(31)16-11-21(33-2)23(35-4)22(12-16)34-3)15-5-8-18(9-6-15)28-25(32)19-10-7-17(26)13-20(19)27/h5-13H,1-4H3,(H,28,32)(H,30,31)/b29-14-. The molecular formula is C25H23Cl2N3O5. The van der Waals surface area contributed by atoms with Gasteiger partial charge in [-0.1, -0.05) is 35.3 Å². The van der Waals surface area contributed by atoms with E-state index in [4.69, 9.17) is 37.4 Å². The molecule has 0 aliphatic rings. The highest BCUT2D eigenvalue weighted by Crippen LogP contribution is 2.38. The van der Waals surface area contributed by atoms with E-state index in [2.05, 4.69) is 15.8 Å². The van der Waals surface area contributed by atoms with Gasteiger partial charge in [0.15, 0.2) is 11.5 Å². The Morgan fingerprint density at radius 3 is 1.97 bits per heavy atom. The van der Waals surface area contributed by atoms with Gasteiger partial charge in [-0.05, 0) is 55.0 Å². The average Bonchev–Trinajstić information content (AvgIpc) is 2.86. The van der Waals surface area contributed by atoms with Crippen molar-refractivity contribution < 1.29 is 23.8 Å². The van der Waals surface area contributed by atoms with Crippen LogP contribution in [0.25, 0.3) is 0 Å². The van der Waals surface area contributed by atoms with Gasteiger partial charge in [0, 0.05) is 16.3 Å². The maximum Gasteiger partial charge on any atom is 0.271 e. The number of nitrogens with one attached hydrogen (secondary N) is 2. The number of carbonyl (C=O) groups is 2. The Kier molecular flexibility index (Phi) is 8.57. The Morgan fingerprint density at radius 1 is 0.800 bits per heavy atom. The van der Waals surface area contributed by atoms with Crippen LogP contribution >= 0.6 is 23.2 Å². The first-order valence-corrected chi connectivity index (χ1v) is 11.0. The summed E-state index contributed by atoms with van der Waals surface area (Å²) in [5, 5.41) is 7.66. The zero-order valence-corrected chi connectivity index (χ0v) is 21.0. The molecule has 0 unspecified atom stereocenters. The number of anilines is 1. The largest absolute Gasteiger partial charge is 0.493 e. The molecule has 182 valence electrons. The number of hydrogen-bond donors (Lipinski definition) is 2. The van der Waals surface area contributed by atoms with Gasteiger partial charge in [-0.15, -0.1) is 0 Å². The molecule has 3 aromatic carbocycles. The summed E-state index contributed by atoms with van der Waals surface area (Å²) < 4.78 is 15.8. The van der Waals surface area contributed by atoms with Crippen molar-refractivity contribution in [1.29, 1.82) is 0 Å². The summed E-state index contributed by atoms with van der Waals surface area (Å²) in [6.45, 7) is 1.75. The van der Waals surface area contributed by atoms with E-state index in [9.17, 15) is 9.59 Å². The monoisotopic (exact) mass is 515 g/mol. The highest BCUT2D eigenvalue weighted by Gasteiger charge is 2.17. The third kappa shape index (κ3) is 6.23. The number of ether oxygens (including phenoxy) is 3. The Bertz CT molecular complexity index is 1250. The van der Waals surface area contributed by atoms with Crippen LogP contribution in [0.4, 0.5) is 5.69 Å². The Balaban J connectivity index is 1.69. The number of hydrogen-bond acceptors (Lipinski definition) is 6. The molecule has 8 nitrogen and oxygen atoms in total. The van der Waals surface area contributed by atoms with Gasteiger partial charge in [0.2, 0.25) is 5.75 Å². The quantitative estimate of drug-likeness (QED) is 0.308. The molecule has 2 N–H and O–H groups in total. The molecule has 0 atom stereocenters. The first kappa shape index (κ1) is 25.9. The minimum absolute atomic E-state index is 0.262. The van der Waals surface area contributed by atoms with Gasteiger partial charge in [0.05, 0.1) is 37.6 Å². The van der Waals surface area contributed by atoms with E-state index in [1.54, 1.807) is 43.3 Å². The molecule has 0 spiro atoms. The van der Waals surface area contributed by atoms with Crippen molar-refractivity contribution in [3.63, 3.8) is 0 Å². The Hall–Kier alpha value is -3.75. The fourth-order valence-electron chi connectivity index (χ4n) is 3.14. The molecule has 0 aliphatic carbocycles. The lowest BCUT2D eigenvalue weighted by Crippen LogP contribution is -2.19. The van der Waals surface area contributed by atoms with Crippen LogP contribution in [0.3, 0.4) is 0 Å². The zero-order chi connectivity index (χ0) is 25.5. The molecular weight excluding hydrogens is 493 g/mol. The van der Waals surface area contributed by atoms with E-state index in [0.29, 0.717) is 39.2 Å². The number of amides is 2. The van der Waals surface area contributed by atoms with Crippen LogP contribution in [-0.4, -0.2) is 38.9 Å². The Morgan fingerprint density at radius 2 is 1.43 bits per heavy atom. The lowest BCUT2D eigenvalue weighted by atomic mass is 10.1. The number of carbonyl (C=O) groups excluding carboxylic acids is 2. The van der Waals surface area contributed by atoms with E-state index in [1.807, 2.05) is 0 Å². The van der Waals surface area contributed by atoms with Gasteiger partial charge in [-0.2, -0.15) is 5.10 Å². The van der Waals surface area contributed by atoms with Crippen LogP contribution in [0.5, 0.6) is 17.2 Å². The number of rotatable bonds is 8. The van der Waals surface area contributed by atoms with Crippen molar-refractivity contribution in [1.82, 2.24) is 5.43 Å². The highest BCUT2D eigenvalue weighted by molar-refractivity contribution is 6.37. The fourth-order valence-corrected chi connectivity index (χ4v) is 3.64. The molecule has 3 aromatic rings. The molecule has 0 bridgehead atoms. The van der Waals surface area contributed by atoms with E-state index >= 15 is 0 Å². The smallest absolute Gasteiger partial charge is 0.271 e. The molecule has 0 saturated carbocycles. The number of methoxy groups -OCH3 is 3. The molecule has 10 heteroatoms. The number of nitrogens with zero attached hydrogens (tertiary/aromatic N) is 1. The van der Waals surface area contributed by atoms with Crippen molar-refractivity contribution in [2.75, 3.05) is 26.6 Å². The summed E-state index contributed by atoms with van der Waals surface area (Å²) in [4.78, 5) is 25.1. The second kappa shape index (κ2) is 11.6.